The van der Waals surface area contributed by atoms with Crippen molar-refractivity contribution in [3.63, 3.8) is 0 Å². The molecule has 0 amide bonds. The average molecular weight is 323 g/mol. The molecule has 1 N–H and O–H groups in total. The fourth-order valence-electron chi connectivity index (χ4n) is 3.72. The van der Waals surface area contributed by atoms with Crippen molar-refractivity contribution < 1.29 is 0 Å². The minimum absolute atomic E-state index is 0.558. The van der Waals surface area contributed by atoms with Crippen molar-refractivity contribution in [3.05, 3.63) is 34.3 Å². The van der Waals surface area contributed by atoms with E-state index in [1.165, 1.54) is 61.9 Å². The summed E-state index contributed by atoms with van der Waals surface area (Å²) < 4.78 is 1.19. The Hall–Kier alpha value is -0.380. The van der Waals surface area contributed by atoms with Gasteiger partial charge in [0.15, 0.2) is 0 Å². The van der Waals surface area contributed by atoms with E-state index in [1.807, 2.05) is 0 Å². The first-order valence-corrected chi connectivity index (χ1v) is 8.23. The fourth-order valence-corrected chi connectivity index (χ4v) is 4.16. The molecule has 2 saturated heterocycles. The maximum atomic E-state index is 3.60. The van der Waals surface area contributed by atoms with E-state index in [1.54, 1.807) is 0 Å². The Bertz CT molecular complexity index is 421. The van der Waals surface area contributed by atoms with Gasteiger partial charge >= 0.3 is 0 Å². The Balaban J connectivity index is 1.65. The van der Waals surface area contributed by atoms with Crippen molar-refractivity contribution in [2.24, 2.45) is 5.41 Å². The molecule has 0 bridgehead atoms. The van der Waals surface area contributed by atoms with Crippen molar-refractivity contribution in [1.29, 1.82) is 0 Å². The van der Waals surface area contributed by atoms with Gasteiger partial charge in [-0.2, -0.15) is 0 Å². The second-order valence-corrected chi connectivity index (χ2v) is 7.14. The molecule has 2 aliphatic heterocycles. The van der Waals surface area contributed by atoms with Crippen LogP contribution in [0.5, 0.6) is 0 Å². The van der Waals surface area contributed by atoms with Crippen LogP contribution in [0.2, 0.25) is 0 Å². The van der Waals surface area contributed by atoms with Crippen LogP contribution in [0.4, 0.5) is 0 Å². The third-order valence-corrected chi connectivity index (χ3v) is 5.09. The quantitative estimate of drug-likeness (QED) is 0.897. The van der Waals surface area contributed by atoms with Crippen molar-refractivity contribution >= 4 is 15.9 Å². The highest BCUT2D eigenvalue weighted by atomic mass is 79.9. The molecular weight excluding hydrogens is 300 g/mol. The van der Waals surface area contributed by atoms with Gasteiger partial charge < -0.3 is 5.32 Å². The van der Waals surface area contributed by atoms with Crippen LogP contribution in [0.3, 0.4) is 0 Å². The van der Waals surface area contributed by atoms with E-state index in [0.717, 1.165) is 6.54 Å². The Morgan fingerprint density at radius 2 is 2.16 bits per heavy atom. The van der Waals surface area contributed by atoms with Gasteiger partial charge in [0.1, 0.15) is 0 Å². The zero-order valence-corrected chi connectivity index (χ0v) is 13.1. The van der Waals surface area contributed by atoms with Crippen LogP contribution >= 0.6 is 15.9 Å². The molecule has 0 saturated carbocycles. The second kappa shape index (κ2) is 5.94. The lowest BCUT2D eigenvalue weighted by atomic mass is 9.74. The molecule has 1 aromatic carbocycles. The number of hydrogen-bond donors (Lipinski definition) is 1. The van der Waals surface area contributed by atoms with E-state index >= 15 is 0 Å². The largest absolute Gasteiger partial charge is 0.316 e. The van der Waals surface area contributed by atoms with Crippen molar-refractivity contribution in [3.8, 4) is 0 Å². The second-order valence-electron chi connectivity index (χ2n) is 6.22. The summed E-state index contributed by atoms with van der Waals surface area (Å²) in [6, 6.07) is 8.74. The van der Waals surface area contributed by atoms with Gasteiger partial charge in [-0.05, 0) is 61.9 Å². The topological polar surface area (TPSA) is 15.3 Å². The summed E-state index contributed by atoms with van der Waals surface area (Å²) in [6.07, 6.45) is 5.53. The van der Waals surface area contributed by atoms with E-state index in [-0.39, 0.29) is 0 Å². The molecule has 104 valence electrons. The van der Waals surface area contributed by atoms with E-state index < -0.39 is 0 Å². The Labute approximate surface area is 124 Å². The number of benzene rings is 1. The number of nitrogens with one attached hydrogen (secondary N) is 1. The first-order chi connectivity index (χ1) is 9.26. The molecule has 1 aromatic rings. The van der Waals surface area contributed by atoms with Gasteiger partial charge in [-0.15, -0.1) is 0 Å². The molecule has 1 atom stereocenters. The van der Waals surface area contributed by atoms with E-state index in [9.17, 15) is 0 Å². The van der Waals surface area contributed by atoms with Crippen molar-refractivity contribution in [2.45, 2.75) is 32.2 Å². The molecule has 3 heteroatoms. The lowest BCUT2D eigenvalue weighted by Crippen LogP contribution is -2.50. The molecule has 0 aliphatic carbocycles. The SMILES string of the molecule is Brc1cccc(CN2CCCC3(CCCNC3)C2)c1. The predicted octanol–water partition coefficient (Wildman–Crippen LogP) is 3.41. The van der Waals surface area contributed by atoms with Gasteiger partial charge in [-0.1, -0.05) is 28.1 Å². The smallest absolute Gasteiger partial charge is 0.0234 e. The molecule has 2 aliphatic rings. The van der Waals surface area contributed by atoms with Crippen LogP contribution in [-0.4, -0.2) is 31.1 Å². The average Bonchev–Trinajstić information content (AvgIpc) is 2.40. The number of rotatable bonds is 2. The van der Waals surface area contributed by atoms with E-state index in [2.05, 4.69) is 50.4 Å². The Morgan fingerprint density at radius 1 is 1.26 bits per heavy atom. The van der Waals surface area contributed by atoms with Crippen molar-refractivity contribution in [1.82, 2.24) is 10.2 Å². The van der Waals surface area contributed by atoms with Crippen molar-refractivity contribution in [2.75, 3.05) is 26.2 Å². The van der Waals surface area contributed by atoms with Gasteiger partial charge in [-0.3, -0.25) is 4.90 Å². The lowest BCUT2D eigenvalue weighted by molar-refractivity contribution is 0.0600. The molecule has 0 aromatic heterocycles. The van der Waals surface area contributed by atoms with Gasteiger partial charge in [0.2, 0.25) is 0 Å². The highest BCUT2D eigenvalue weighted by molar-refractivity contribution is 9.10. The first-order valence-electron chi connectivity index (χ1n) is 7.43. The normalized spacial score (nSPS) is 28.7. The first kappa shape index (κ1) is 13.6. The highest BCUT2D eigenvalue weighted by Crippen LogP contribution is 2.36. The monoisotopic (exact) mass is 322 g/mol. The Morgan fingerprint density at radius 3 is 2.95 bits per heavy atom. The summed E-state index contributed by atoms with van der Waals surface area (Å²) in [6.45, 7) is 6.07. The number of hydrogen-bond acceptors (Lipinski definition) is 2. The van der Waals surface area contributed by atoms with Gasteiger partial charge in [0.25, 0.3) is 0 Å². The summed E-state index contributed by atoms with van der Waals surface area (Å²) in [4.78, 5) is 2.65. The summed E-state index contributed by atoms with van der Waals surface area (Å²) in [7, 11) is 0. The predicted molar refractivity (Wildman–Crippen MR) is 83.2 cm³/mol. The third kappa shape index (κ3) is 3.39. The highest BCUT2D eigenvalue weighted by Gasteiger charge is 2.36. The maximum Gasteiger partial charge on any atom is 0.0234 e. The van der Waals surface area contributed by atoms with Crippen LogP contribution in [0.25, 0.3) is 0 Å². The molecule has 2 nitrogen and oxygen atoms in total. The standard InChI is InChI=1S/C16H23BrN2/c17-15-5-1-4-14(10-15)11-19-9-3-7-16(13-19)6-2-8-18-12-16/h1,4-5,10,18H,2-3,6-9,11-13H2. The third-order valence-electron chi connectivity index (χ3n) is 4.60. The zero-order valence-electron chi connectivity index (χ0n) is 11.5. The molecule has 2 fully saturated rings. The molecule has 2 heterocycles. The zero-order chi connectivity index (χ0) is 13.1. The number of piperidine rings is 2. The van der Waals surface area contributed by atoms with Crippen LogP contribution < -0.4 is 5.32 Å². The lowest BCUT2D eigenvalue weighted by Gasteiger charge is -2.45. The minimum atomic E-state index is 0.558. The Kier molecular flexibility index (Phi) is 4.25. The number of halogens is 1. The van der Waals surface area contributed by atoms with Crippen LogP contribution in [0, 0.1) is 5.41 Å². The molecule has 19 heavy (non-hydrogen) atoms. The summed E-state index contributed by atoms with van der Waals surface area (Å²) >= 11 is 3.57. The molecule has 0 radical (unpaired) electrons. The summed E-state index contributed by atoms with van der Waals surface area (Å²) in [5.74, 6) is 0. The summed E-state index contributed by atoms with van der Waals surface area (Å²) in [5, 5.41) is 3.60. The maximum absolute atomic E-state index is 3.60. The van der Waals surface area contributed by atoms with E-state index in [4.69, 9.17) is 0 Å². The minimum Gasteiger partial charge on any atom is -0.316 e. The summed E-state index contributed by atoms with van der Waals surface area (Å²) in [5.41, 5.74) is 1.98. The number of nitrogens with zero attached hydrogens (tertiary/aromatic N) is 1. The van der Waals surface area contributed by atoms with E-state index in [0.29, 0.717) is 5.41 Å². The van der Waals surface area contributed by atoms with Gasteiger partial charge in [-0.25, -0.2) is 0 Å². The van der Waals surface area contributed by atoms with Crippen LogP contribution in [-0.2, 0) is 6.54 Å². The van der Waals surface area contributed by atoms with Crippen LogP contribution in [0.1, 0.15) is 31.2 Å². The molecule has 1 unspecified atom stereocenters. The molecule has 3 rings (SSSR count). The van der Waals surface area contributed by atoms with Crippen LogP contribution in [0.15, 0.2) is 28.7 Å². The fraction of sp³-hybridized carbons (Fsp3) is 0.625. The van der Waals surface area contributed by atoms with Gasteiger partial charge in [0.05, 0.1) is 0 Å². The number of likely N-dealkylation sites (tertiary alicyclic amines) is 1. The molecular formula is C16H23BrN2. The molecule has 1 spiro atoms. The van der Waals surface area contributed by atoms with Gasteiger partial charge in [0, 0.05) is 24.1 Å².